The van der Waals surface area contributed by atoms with Crippen LogP contribution < -0.4 is 16.2 Å². The lowest BCUT2D eigenvalue weighted by molar-refractivity contribution is 0.00884. The molecule has 0 spiro atoms. The van der Waals surface area contributed by atoms with Crippen LogP contribution in [0.15, 0.2) is 33.3 Å². The molecular formula is C25H29Br2N5O4. The minimum absolute atomic E-state index is 0.144. The maximum absolute atomic E-state index is 6.25. The molecule has 0 aliphatic heterocycles. The molecule has 11 heteroatoms. The highest BCUT2D eigenvalue weighted by Gasteiger charge is 2.17. The molecule has 0 saturated heterocycles. The first-order valence-corrected chi connectivity index (χ1v) is 13.1. The largest absolute Gasteiger partial charge is 0.490 e. The minimum atomic E-state index is 0.144. The lowest BCUT2D eigenvalue weighted by Crippen LogP contribution is -2.13. The van der Waals surface area contributed by atoms with E-state index in [0.29, 0.717) is 69.0 Å². The Balaban J connectivity index is 1.44. The number of halogens is 2. The highest BCUT2D eigenvalue weighted by atomic mass is 79.9. The van der Waals surface area contributed by atoms with E-state index in [1.807, 2.05) is 18.2 Å². The molecule has 0 aliphatic rings. The third kappa shape index (κ3) is 8.28. The summed E-state index contributed by atoms with van der Waals surface area (Å²) in [4.78, 5) is 12.6. The van der Waals surface area contributed by atoms with Gasteiger partial charge in [-0.2, -0.15) is 4.98 Å². The number of pyridine rings is 1. The van der Waals surface area contributed by atoms with Crippen LogP contribution in [0.2, 0.25) is 0 Å². The second-order valence-corrected chi connectivity index (χ2v) is 9.29. The van der Waals surface area contributed by atoms with E-state index in [1.165, 1.54) is 0 Å². The summed E-state index contributed by atoms with van der Waals surface area (Å²) < 4.78 is 24.1. The number of unbranched alkanes of at least 4 members (excludes halogenated alkanes) is 2. The van der Waals surface area contributed by atoms with Gasteiger partial charge in [0.25, 0.3) is 0 Å². The zero-order chi connectivity index (χ0) is 25.8. The number of terminal acetylenes is 1. The van der Waals surface area contributed by atoms with Crippen molar-refractivity contribution >= 4 is 54.7 Å². The smallest absolute Gasteiger partial charge is 0.222 e. The standard InChI is InChI=1S/C25H29Br2N5O4/c1-2-3-4-5-8-33-9-10-34-11-12-35-13-14-36-20-7-6-19(26)21(22(20)27)18-15-17-16-30-25(29)32-24(17)31-23(18)28/h1,6-7,15-16H,3-5,8-14H2,(H4,28,29,30,31,32). The summed E-state index contributed by atoms with van der Waals surface area (Å²) in [6.45, 7) is 3.58. The summed E-state index contributed by atoms with van der Waals surface area (Å²) in [6.07, 6.45) is 9.59. The number of nitrogens with zero attached hydrogens (tertiary/aromatic N) is 3. The van der Waals surface area contributed by atoms with Gasteiger partial charge in [-0.1, -0.05) is 15.9 Å². The van der Waals surface area contributed by atoms with E-state index < -0.39 is 0 Å². The minimum Gasteiger partial charge on any atom is -0.490 e. The van der Waals surface area contributed by atoms with Crippen molar-refractivity contribution in [1.82, 2.24) is 15.0 Å². The van der Waals surface area contributed by atoms with Gasteiger partial charge in [-0.3, -0.25) is 0 Å². The Morgan fingerprint density at radius 1 is 0.889 bits per heavy atom. The molecule has 3 aromatic rings. The quantitative estimate of drug-likeness (QED) is 0.184. The topological polar surface area (TPSA) is 128 Å². The van der Waals surface area contributed by atoms with Crippen molar-refractivity contribution in [3.63, 3.8) is 0 Å². The fraction of sp³-hybridized carbons (Fsp3) is 0.400. The predicted octanol–water partition coefficient (Wildman–Crippen LogP) is 4.61. The number of nitrogens with two attached hydrogens (primary N) is 2. The molecule has 36 heavy (non-hydrogen) atoms. The van der Waals surface area contributed by atoms with Gasteiger partial charge in [0, 0.05) is 40.2 Å². The molecule has 2 aromatic heterocycles. The lowest BCUT2D eigenvalue weighted by atomic mass is 10.1. The van der Waals surface area contributed by atoms with Crippen molar-refractivity contribution in [2.45, 2.75) is 19.3 Å². The first-order valence-electron chi connectivity index (χ1n) is 11.5. The van der Waals surface area contributed by atoms with Crippen LogP contribution in [0.1, 0.15) is 19.3 Å². The van der Waals surface area contributed by atoms with Crippen molar-refractivity contribution in [3.05, 3.63) is 33.3 Å². The molecule has 0 fully saturated rings. The third-order valence-corrected chi connectivity index (χ3v) is 6.48. The Bertz CT molecular complexity index is 1190. The maximum atomic E-state index is 6.25. The molecule has 0 radical (unpaired) electrons. The van der Waals surface area contributed by atoms with Gasteiger partial charge in [0.2, 0.25) is 5.95 Å². The summed E-state index contributed by atoms with van der Waals surface area (Å²) >= 11 is 7.25. The normalized spacial score (nSPS) is 11.0. The Morgan fingerprint density at radius 3 is 2.31 bits per heavy atom. The third-order valence-electron chi connectivity index (χ3n) is 5.03. The SMILES string of the molecule is C#CCCCCOCCOCCOCCOc1ccc(Br)c(-c2cc3cnc(N)nc3nc2N)c1Br. The van der Waals surface area contributed by atoms with Crippen LogP contribution >= 0.6 is 31.9 Å². The lowest BCUT2D eigenvalue weighted by Gasteiger charge is -2.15. The average Bonchev–Trinajstić information content (AvgIpc) is 2.85. The van der Waals surface area contributed by atoms with E-state index in [9.17, 15) is 0 Å². The van der Waals surface area contributed by atoms with Gasteiger partial charge in [0.1, 0.15) is 18.2 Å². The van der Waals surface area contributed by atoms with Crippen molar-refractivity contribution < 1.29 is 18.9 Å². The van der Waals surface area contributed by atoms with Gasteiger partial charge in [-0.25, -0.2) is 9.97 Å². The molecular weight excluding hydrogens is 594 g/mol. The first kappa shape index (κ1) is 28.1. The van der Waals surface area contributed by atoms with Crippen LogP contribution in [0.3, 0.4) is 0 Å². The summed E-state index contributed by atoms with van der Waals surface area (Å²) in [6, 6.07) is 5.63. The monoisotopic (exact) mass is 621 g/mol. The second-order valence-electron chi connectivity index (χ2n) is 7.64. The molecule has 3 rings (SSSR count). The molecule has 0 amide bonds. The van der Waals surface area contributed by atoms with Gasteiger partial charge in [0.15, 0.2) is 5.65 Å². The van der Waals surface area contributed by atoms with Crippen LogP contribution in [0.25, 0.3) is 22.2 Å². The zero-order valence-electron chi connectivity index (χ0n) is 19.8. The number of fused-ring (bicyclic) bond motifs is 1. The van der Waals surface area contributed by atoms with Crippen molar-refractivity contribution in [2.24, 2.45) is 0 Å². The van der Waals surface area contributed by atoms with Crippen molar-refractivity contribution in [1.29, 1.82) is 0 Å². The summed E-state index contributed by atoms with van der Waals surface area (Å²) in [7, 11) is 0. The number of hydrogen-bond acceptors (Lipinski definition) is 9. The molecule has 2 heterocycles. The van der Waals surface area contributed by atoms with Crippen LogP contribution in [0.5, 0.6) is 5.75 Å². The average molecular weight is 623 g/mol. The van der Waals surface area contributed by atoms with Gasteiger partial charge >= 0.3 is 0 Å². The fourth-order valence-corrected chi connectivity index (χ4v) is 4.75. The molecule has 4 N–H and O–H groups in total. The van der Waals surface area contributed by atoms with Crippen molar-refractivity contribution in [3.8, 4) is 29.2 Å². The van der Waals surface area contributed by atoms with Gasteiger partial charge in [-0.05, 0) is 47.0 Å². The first-order chi connectivity index (χ1) is 17.5. The molecule has 0 bridgehead atoms. The van der Waals surface area contributed by atoms with Gasteiger partial charge < -0.3 is 30.4 Å². The van der Waals surface area contributed by atoms with Gasteiger partial charge in [-0.15, -0.1) is 12.3 Å². The van der Waals surface area contributed by atoms with E-state index in [2.05, 4.69) is 52.7 Å². The number of aromatic nitrogens is 3. The molecule has 0 saturated carbocycles. The highest BCUT2D eigenvalue weighted by Crippen LogP contribution is 2.43. The predicted molar refractivity (Wildman–Crippen MR) is 148 cm³/mol. The number of hydrogen-bond donors (Lipinski definition) is 2. The summed E-state index contributed by atoms with van der Waals surface area (Å²) in [5.74, 6) is 3.73. The number of nitrogen functional groups attached to an aromatic ring is 2. The van der Waals surface area contributed by atoms with Crippen LogP contribution in [0, 0.1) is 12.3 Å². The van der Waals surface area contributed by atoms with Crippen molar-refractivity contribution in [2.75, 3.05) is 57.7 Å². The molecule has 0 aliphatic carbocycles. The van der Waals surface area contributed by atoms with E-state index in [1.54, 1.807) is 6.20 Å². The maximum Gasteiger partial charge on any atom is 0.222 e. The van der Waals surface area contributed by atoms with E-state index in [0.717, 1.165) is 39.2 Å². The van der Waals surface area contributed by atoms with E-state index in [-0.39, 0.29) is 5.95 Å². The summed E-state index contributed by atoms with van der Waals surface area (Å²) in [5, 5.41) is 0.723. The highest BCUT2D eigenvalue weighted by molar-refractivity contribution is 9.11. The number of benzene rings is 1. The molecule has 0 atom stereocenters. The Kier molecular flexibility index (Phi) is 11.6. The number of anilines is 2. The second kappa shape index (κ2) is 14.9. The molecule has 0 unspecified atom stereocenters. The zero-order valence-corrected chi connectivity index (χ0v) is 23.0. The fourth-order valence-electron chi connectivity index (χ4n) is 3.27. The van der Waals surface area contributed by atoms with Crippen LogP contribution in [-0.4, -0.2) is 61.2 Å². The Morgan fingerprint density at radius 2 is 1.58 bits per heavy atom. The van der Waals surface area contributed by atoms with Gasteiger partial charge in [0.05, 0.1) is 37.5 Å². The summed E-state index contributed by atoms with van der Waals surface area (Å²) in [5.41, 5.74) is 13.9. The molecule has 9 nitrogen and oxygen atoms in total. The number of rotatable bonds is 15. The van der Waals surface area contributed by atoms with Crippen LogP contribution in [0.4, 0.5) is 11.8 Å². The van der Waals surface area contributed by atoms with E-state index in [4.69, 9.17) is 36.8 Å². The molecule has 1 aromatic carbocycles. The molecule has 192 valence electrons. The number of ether oxygens (including phenoxy) is 4. The Labute approximate surface area is 227 Å². The van der Waals surface area contributed by atoms with Crippen LogP contribution in [-0.2, 0) is 14.2 Å². The van der Waals surface area contributed by atoms with E-state index >= 15 is 0 Å². The Hall–Kier alpha value is -2.49.